The Kier molecular flexibility index (Phi) is 8.78. The predicted molar refractivity (Wildman–Crippen MR) is 119 cm³/mol. The van der Waals surface area contributed by atoms with E-state index in [1.807, 2.05) is 12.1 Å². The summed E-state index contributed by atoms with van der Waals surface area (Å²) in [6, 6.07) is 10.6. The molecule has 0 atom stereocenters. The molecule has 0 bridgehead atoms. The third-order valence-corrected chi connectivity index (χ3v) is 6.55. The molecule has 2 aromatic carbocycles. The molecule has 0 saturated carbocycles. The van der Waals surface area contributed by atoms with Gasteiger partial charge < -0.3 is 14.2 Å². The molecule has 7 nitrogen and oxygen atoms in total. The van der Waals surface area contributed by atoms with E-state index in [-0.39, 0.29) is 17.3 Å². The Morgan fingerprint density at radius 3 is 2.37 bits per heavy atom. The molecule has 2 aromatic rings. The van der Waals surface area contributed by atoms with Crippen LogP contribution >= 0.6 is 12.4 Å². The molecule has 0 saturated heterocycles. The predicted octanol–water partition coefficient (Wildman–Crippen LogP) is 2.86. The van der Waals surface area contributed by atoms with Gasteiger partial charge >= 0.3 is 0 Å². The average molecular weight is 457 g/mol. The lowest BCUT2D eigenvalue weighted by atomic mass is 9.98. The van der Waals surface area contributed by atoms with Crippen molar-refractivity contribution in [1.82, 2.24) is 9.62 Å². The Bertz CT molecular complexity index is 952. The maximum atomic E-state index is 12.4. The highest BCUT2D eigenvalue weighted by Crippen LogP contribution is 2.33. The van der Waals surface area contributed by atoms with Crippen molar-refractivity contribution in [2.75, 3.05) is 41.0 Å². The smallest absolute Gasteiger partial charge is 0.240 e. The summed E-state index contributed by atoms with van der Waals surface area (Å²) in [6.45, 7) is 2.95. The summed E-state index contributed by atoms with van der Waals surface area (Å²) in [6.07, 6.45) is 1.66. The van der Waals surface area contributed by atoms with Crippen LogP contribution in [0.2, 0.25) is 0 Å². The van der Waals surface area contributed by atoms with Gasteiger partial charge in [-0.05, 0) is 54.8 Å². The molecule has 0 radical (unpaired) electrons. The second-order valence-electron chi connectivity index (χ2n) is 6.93. The first-order chi connectivity index (χ1) is 14.0. The van der Waals surface area contributed by atoms with Gasteiger partial charge in [-0.1, -0.05) is 6.07 Å². The molecule has 9 heteroatoms. The van der Waals surface area contributed by atoms with Gasteiger partial charge in [0.1, 0.15) is 5.75 Å². The van der Waals surface area contributed by atoms with Crippen molar-refractivity contribution in [1.29, 1.82) is 0 Å². The summed E-state index contributed by atoms with van der Waals surface area (Å²) in [5.74, 6) is 2.01. The SMILES string of the molecule is COc1cccc(S(=O)(=O)NCCCN2CCc3cc(OC)c(OC)cc3C2)c1.Cl. The zero-order valence-corrected chi connectivity index (χ0v) is 19.1. The van der Waals surface area contributed by atoms with Crippen LogP contribution in [0, 0.1) is 0 Å². The number of methoxy groups -OCH3 is 3. The summed E-state index contributed by atoms with van der Waals surface area (Å²) in [5.41, 5.74) is 2.50. The van der Waals surface area contributed by atoms with Crippen LogP contribution in [0.5, 0.6) is 17.2 Å². The summed E-state index contributed by atoms with van der Waals surface area (Å²) >= 11 is 0. The number of nitrogens with zero attached hydrogens (tertiary/aromatic N) is 1. The minimum Gasteiger partial charge on any atom is -0.497 e. The van der Waals surface area contributed by atoms with Gasteiger partial charge in [-0.2, -0.15) is 0 Å². The van der Waals surface area contributed by atoms with Crippen LogP contribution in [0.3, 0.4) is 0 Å². The highest BCUT2D eigenvalue weighted by molar-refractivity contribution is 7.89. The number of sulfonamides is 1. The summed E-state index contributed by atoms with van der Waals surface area (Å²) in [7, 11) is 1.26. The number of benzene rings is 2. The molecule has 0 unspecified atom stereocenters. The van der Waals surface area contributed by atoms with Crippen molar-refractivity contribution >= 4 is 22.4 Å². The Morgan fingerprint density at radius 1 is 1.00 bits per heavy atom. The number of rotatable bonds is 9. The molecular weight excluding hydrogens is 428 g/mol. The van der Waals surface area contributed by atoms with E-state index in [0.29, 0.717) is 12.3 Å². The van der Waals surface area contributed by atoms with Crippen LogP contribution in [-0.2, 0) is 23.0 Å². The second kappa shape index (κ2) is 10.9. The van der Waals surface area contributed by atoms with Crippen LogP contribution in [0.4, 0.5) is 0 Å². The average Bonchev–Trinajstić information content (AvgIpc) is 2.75. The molecule has 0 aliphatic carbocycles. The highest BCUT2D eigenvalue weighted by atomic mass is 35.5. The fourth-order valence-corrected chi connectivity index (χ4v) is 4.60. The van der Waals surface area contributed by atoms with Crippen LogP contribution in [0.1, 0.15) is 17.5 Å². The molecule has 0 aromatic heterocycles. The Morgan fingerprint density at radius 2 is 1.70 bits per heavy atom. The van der Waals surface area contributed by atoms with E-state index in [4.69, 9.17) is 14.2 Å². The van der Waals surface area contributed by atoms with Crippen molar-refractivity contribution in [2.45, 2.75) is 24.3 Å². The molecule has 0 fully saturated rings. The molecule has 3 rings (SSSR count). The third kappa shape index (κ3) is 5.78. The minimum atomic E-state index is -3.54. The van der Waals surface area contributed by atoms with Crippen LogP contribution in [0.15, 0.2) is 41.3 Å². The minimum absolute atomic E-state index is 0. The molecule has 1 heterocycles. The van der Waals surface area contributed by atoms with Crippen LogP contribution in [0.25, 0.3) is 0 Å². The molecule has 1 N–H and O–H groups in total. The largest absolute Gasteiger partial charge is 0.497 e. The Labute approximate surface area is 184 Å². The van der Waals surface area contributed by atoms with Gasteiger partial charge in [0, 0.05) is 25.7 Å². The van der Waals surface area contributed by atoms with E-state index in [0.717, 1.165) is 44.0 Å². The first-order valence-corrected chi connectivity index (χ1v) is 11.0. The normalized spacial score (nSPS) is 13.8. The standard InChI is InChI=1S/C21H28N2O5S.ClH/c1-26-18-6-4-7-19(14-18)29(24,25)22-9-5-10-23-11-8-16-12-20(27-2)21(28-3)13-17(16)15-23;/h4,6-7,12-14,22H,5,8-11,15H2,1-3H3;1H. The van der Waals surface area contributed by atoms with Gasteiger partial charge in [0.2, 0.25) is 10.0 Å². The summed E-state index contributed by atoms with van der Waals surface area (Å²) in [5, 5.41) is 0. The monoisotopic (exact) mass is 456 g/mol. The van der Waals surface area contributed by atoms with Gasteiger partial charge in [-0.15, -0.1) is 12.4 Å². The van der Waals surface area contributed by atoms with Gasteiger partial charge in [0.05, 0.1) is 26.2 Å². The van der Waals surface area contributed by atoms with Gasteiger partial charge in [0.15, 0.2) is 11.5 Å². The van der Waals surface area contributed by atoms with E-state index < -0.39 is 10.0 Å². The summed E-state index contributed by atoms with van der Waals surface area (Å²) in [4.78, 5) is 2.54. The van der Waals surface area contributed by atoms with Crippen LogP contribution < -0.4 is 18.9 Å². The molecule has 0 spiro atoms. The zero-order chi connectivity index (χ0) is 20.9. The van der Waals surface area contributed by atoms with Gasteiger partial charge in [-0.3, -0.25) is 4.90 Å². The third-order valence-electron chi connectivity index (χ3n) is 5.09. The molecule has 30 heavy (non-hydrogen) atoms. The van der Waals surface area contributed by atoms with Crippen molar-refractivity contribution < 1.29 is 22.6 Å². The first-order valence-electron chi connectivity index (χ1n) is 9.56. The van der Waals surface area contributed by atoms with Crippen molar-refractivity contribution in [2.24, 2.45) is 0 Å². The molecule has 1 aliphatic heterocycles. The van der Waals surface area contributed by atoms with Gasteiger partial charge in [-0.25, -0.2) is 13.1 Å². The molecule has 0 amide bonds. The fourth-order valence-electron chi connectivity index (χ4n) is 3.49. The van der Waals surface area contributed by atoms with E-state index in [2.05, 4.69) is 9.62 Å². The number of hydrogen-bond acceptors (Lipinski definition) is 6. The van der Waals surface area contributed by atoms with E-state index in [1.165, 1.54) is 24.3 Å². The maximum absolute atomic E-state index is 12.4. The van der Waals surface area contributed by atoms with Crippen molar-refractivity contribution in [3.63, 3.8) is 0 Å². The topological polar surface area (TPSA) is 77.1 Å². The fraction of sp³-hybridized carbons (Fsp3) is 0.429. The lowest BCUT2D eigenvalue weighted by Gasteiger charge is -2.29. The first kappa shape index (κ1) is 24.3. The molecule has 166 valence electrons. The Balaban J connectivity index is 0.00000320. The lowest BCUT2D eigenvalue weighted by molar-refractivity contribution is 0.250. The number of ether oxygens (including phenoxy) is 3. The number of nitrogens with one attached hydrogen (secondary N) is 1. The summed E-state index contributed by atoms with van der Waals surface area (Å²) < 4.78 is 43.4. The van der Waals surface area contributed by atoms with Crippen molar-refractivity contribution in [3.8, 4) is 17.2 Å². The van der Waals surface area contributed by atoms with E-state index in [1.54, 1.807) is 32.4 Å². The van der Waals surface area contributed by atoms with E-state index in [9.17, 15) is 8.42 Å². The quantitative estimate of drug-likeness (QED) is 0.585. The maximum Gasteiger partial charge on any atom is 0.240 e. The second-order valence-corrected chi connectivity index (χ2v) is 8.70. The number of halogens is 1. The molecule has 1 aliphatic rings. The highest BCUT2D eigenvalue weighted by Gasteiger charge is 2.20. The van der Waals surface area contributed by atoms with Crippen LogP contribution in [-0.4, -0.2) is 54.3 Å². The zero-order valence-electron chi connectivity index (χ0n) is 17.5. The van der Waals surface area contributed by atoms with Crippen molar-refractivity contribution in [3.05, 3.63) is 47.5 Å². The van der Waals surface area contributed by atoms with E-state index >= 15 is 0 Å². The number of hydrogen-bond donors (Lipinski definition) is 1. The van der Waals surface area contributed by atoms with Gasteiger partial charge in [0.25, 0.3) is 0 Å². The lowest BCUT2D eigenvalue weighted by Crippen LogP contribution is -2.33. The molecular formula is C21H29ClN2O5S. The number of fused-ring (bicyclic) bond motifs is 1. The Hall–Kier alpha value is -2.00.